The van der Waals surface area contributed by atoms with Gasteiger partial charge in [0.05, 0.1) is 11.3 Å². The Bertz CT molecular complexity index is 990. The first-order chi connectivity index (χ1) is 11.1. The number of rotatable bonds is 1. The predicted molar refractivity (Wildman–Crippen MR) is 80.0 cm³/mol. The fourth-order valence-corrected chi connectivity index (χ4v) is 2.67. The molecule has 0 unspecified atom stereocenters. The van der Waals surface area contributed by atoms with Crippen LogP contribution in [0.4, 0.5) is 28.9 Å². The fourth-order valence-electron chi connectivity index (χ4n) is 2.67. The highest BCUT2D eigenvalue weighted by Crippen LogP contribution is 2.36. The predicted octanol–water partition coefficient (Wildman–Crippen LogP) is 4.90. The first-order valence-electron chi connectivity index (χ1n) is 6.77. The van der Waals surface area contributed by atoms with Crippen molar-refractivity contribution in [2.45, 2.75) is 0 Å². The zero-order valence-corrected chi connectivity index (χ0v) is 11.5. The molecule has 23 heavy (non-hydrogen) atoms. The lowest BCUT2D eigenvalue weighted by molar-refractivity contribution is 0.408. The van der Waals surface area contributed by atoms with Crippen LogP contribution in [0.3, 0.4) is 0 Å². The number of nitrogens with zero attached hydrogens (tertiary/aromatic N) is 1. The van der Waals surface area contributed by atoms with E-state index in [0.29, 0.717) is 17.4 Å². The van der Waals surface area contributed by atoms with Crippen LogP contribution in [-0.4, -0.2) is 5.84 Å². The van der Waals surface area contributed by atoms with Crippen LogP contribution in [0.2, 0.25) is 0 Å². The minimum absolute atomic E-state index is 0.0773. The Labute approximate surface area is 128 Å². The van der Waals surface area contributed by atoms with Crippen LogP contribution < -0.4 is 5.32 Å². The van der Waals surface area contributed by atoms with Gasteiger partial charge in [0.2, 0.25) is 0 Å². The fraction of sp³-hybridized carbons (Fsp3) is 0. The standard InChI is InChI=1S/C17H8F4N2/c18-10-7-9(14(19)16(21)15(10)20)17-22-11-5-1-3-8-4-2-6-12(23-17)13(8)11/h1-7H,(H,22,23). The number of anilines is 1. The van der Waals surface area contributed by atoms with Gasteiger partial charge in [0.15, 0.2) is 23.3 Å². The zero-order chi connectivity index (χ0) is 16.1. The molecular formula is C17H8F4N2. The smallest absolute Gasteiger partial charge is 0.198 e. The van der Waals surface area contributed by atoms with Crippen molar-refractivity contribution in [2.75, 3.05) is 5.32 Å². The van der Waals surface area contributed by atoms with Gasteiger partial charge in [-0.25, -0.2) is 22.6 Å². The van der Waals surface area contributed by atoms with Gasteiger partial charge < -0.3 is 5.32 Å². The molecule has 0 aliphatic carbocycles. The molecule has 1 heterocycles. The monoisotopic (exact) mass is 316 g/mol. The summed E-state index contributed by atoms with van der Waals surface area (Å²) in [6, 6.07) is 11.4. The van der Waals surface area contributed by atoms with Gasteiger partial charge in [-0.15, -0.1) is 0 Å². The number of benzene rings is 3. The third-order valence-corrected chi connectivity index (χ3v) is 3.73. The van der Waals surface area contributed by atoms with Gasteiger partial charge in [0.1, 0.15) is 5.84 Å². The second kappa shape index (κ2) is 4.81. The molecule has 3 aromatic carbocycles. The highest BCUT2D eigenvalue weighted by Gasteiger charge is 2.24. The second-order valence-corrected chi connectivity index (χ2v) is 5.11. The summed E-state index contributed by atoms with van der Waals surface area (Å²) < 4.78 is 54.0. The summed E-state index contributed by atoms with van der Waals surface area (Å²) in [6.07, 6.45) is 0. The quantitative estimate of drug-likeness (QED) is 0.385. The van der Waals surface area contributed by atoms with Crippen molar-refractivity contribution in [3.8, 4) is 0 Å². The van der Waals surface area contributed by atoms with Crippen LogP contribution >= 0.6 is 0 Å². The molecule has 1 aliphatic rings. The van der Waals surface area contributed by atoms with E-state index in [1.165, 1.54) is 0 Å². The number of halogens is 4. The van der Waals surface area contributed by atoms with Crippen LogP contribution in [0.15, 0.2) is 47.5 Å². The van der Waals surface area contributed by atoms with Crippen molar-refractivity contribution in [3.05, 3.63) is 71.3 Å². The summed E-state index contributed by atoms with van der Waals surface area (Å²) in [7, 11) is 0. The minimum Gasteiger partial charge on any atom is -0.339 e. The second-order valence-electron chi connectivity index (χ2n) is 5.11. The Balaban J connectivity index is 1.96. The van der Waals surface area contributed by atoms with E-state index in [1.807, 2.05) is 12.1 Å². The van der Waals surface area contributed by atoms with Crippen molar-refractivity contribution >= 4 is 28.0 Å². The van der Waals surface area contributed by atoms with E-state index in [9.17, 15) is 17.6 Å². The lowest BCUT2D eigenvalue weighted by atomic mass is 10.0. The first kappa shape index (κ1) is 13.8. The van der Waals surface area contributed by atoms with Gasteiger partial charge in [0, 0.05) is 11.1 Å². The van der Waals surface area contributed by atoms with Crippen molar-refractivity contribution in [1.29, 1.82) is 0 Å². The van der Waals surface area contributed by atoms with Gasteiger partial charge in [-0.3, -0.25) is 0 Å². The van der Waals surface area contributed by atoms with Gasteiger partial charge >= 0.3 is 0 Å². The van der Waals surface area contributed by atoms with Gasteiger partial charge in [-0.1, -0.05) is 24.3 Å². The molecule has 0 radical (unpaired) electrons. The largest absolute Gasteiger partial charge is 0.339 e. The number of hydrogen-bond acceptors (Lipinski definition) is 2. The van der Waals surface area contributed by atoms with Gasteiger partial charge in [-0.2, -0.15) is 0 Å². The highest BCUT2D eigenvalue weighted by molar-refractivity contribution is 6.19. The molecule has 0 saturated heterocycles. The molecule has 0 atom stereocenters. The van der Waals surface area contributed by atoms with E-state index in [0.717, 1.165) is 10.8 Å². The van der Waals surface area contributed by atoms with Crippen molar-refractivity contribution in [2.24, 2.45) is 4.99 Å². The summed E-state index contributed by atoms with van der Waals surface area (Å²) >= 11 is 0. The van der Waals surface area contributed by atoms with Crippen molar-refractivity contribution in [3.63, 3.8) is 0 Å². The molecule has 0 bridgehead atoms. The zero-order valence-electron chi connectivity index (χ0n) is 11.5. The van der Waals surface area contributed by atoms with E-state index >= 15 is 0 Å². The van der Waals surface area contributed by atoms with E-state index < -0.39 is 28.8 Å². The van der Waals surface area contributed by atoms with E-state index in [-0.39, 0.29) is 5.84 Å². The first-order valence-corrected chi connectivity index (χ1v) is 6.77. The van der Waals surface area contributed by atoms with Crippen LogP contribution in [-0.2, 0) is 0 Å². The average Bonchev–Trinajstić information content (AvgIpc) is 2.56. The third-order valence-electron chi connectivity index (χ3n) is 3.73. The van der Waals surface area contributed by atoms with E-state index in [1.54, 1.807) is 24.3 Å². The van der Waals surface area contributed by atoms with Crippen LogP contribution in [0, 0.1) is 23.3 Å². The molecular weight excluding hydrogens is 308 g/mol. The summed E-state index contributed by atoms with van der Waals surface area (Å²) in [4.78, 5) is 4.22. The van der Waals surface area contributed by atoms with Crippen LogP contribution in [0.25, 0.3) is 10.8 Å². The Morgan fingerprint density at radius 2 is 1.57 bits per heavy atom. The average molecular weight is 316 g/mol. The molecule has 114 valence electrons. The molecule has 4 rings (SSSR count). The molecule has 1 aliphatic heterocycles. The van der Waals surface area contributed by atoms with Gasteiger partial charge in [-0.05, 0) is 23.6 Å². The van der Waals surface area contributed by atoms with E-state index in [2.05, 4.69) is 10.3 Å². The van der Waals surface area contributed by atoms with Gasteiger partial charge in [0.25, 0.3) is 0 Å². The van der Waals surface area contributed by atoms with Crippen LogP contribution in [0.1, 0.15) is 5.56 Å². The highest BCUT2D eigenvalue weighted by atomic mass is 19.2. The molecule has 3 aromatic rings. The number of hydrogen-bond donors (Lipinski definition) is 1. The van der Waals surface area contributed by atoms with E-state index in [4.69, 9.17) is 0 Å². The lowest BCUT2D eigenvalue weighted by Gasteiger charge is -2.19. The number of aliphatic imine (C=N–C) groups is 1. The normalized spacial score (nSPS) is 13.0. The molecule has 1 N–H and O–H groups in total. The molecule has 6 heteroatoms. The molecule has 0 fully saturated rings. The molecule has 0 amide bonds. The third kappa shape index (κ3) is 1.98. The molecule has 0 saturated carbocycles. The summed E-state index contributed by atoms with van der Waals surface area (Å²) in [6.45, 7) is 0. The molecule has 0 spiro atoms. The Kier molecular flexibility index (Phi) is 2.87. The van der Waals surface area contributed by atoms with Crippen LogP contribution in [0.5, 0.6) is 0 Å². The number of amidine groups is 1. The summed E-state index contributed by atoms with van der Waals surface area (Å²) in [5.41, 5.74) is 0.705. The summed E-state index contributed by atoms with van der Waals surface area (Å²) in [5, 5.41) is 4.59. The Morgan fingerprint density at radius 1 is 0.826 bits per heavy atom. The topological polar surface area (TPSA) is 24.4 Å². The summed E-state index contributed by atoms with van der Waals surface area (Å²) in [5.74, 6) is -6.74. The SMILES string of the molecule is Fc1cc(C2=Nc3cccc4cccc(c34)N2)c(F)c(F)c1F. The Hall–Kier alpha value is -2.89. The lowest BCUT2D eigenvalue weighted by Crippen LogP contribution is -2.19. The number of nitrogens with one attached hydrogen (secondary N) is 1. The molecule has 0 aromatic heterocycles. The van der Waals surface area contributed by atoms with Crippen molar-refractivity contribution < 1.29 is 17.6 Å². The maximum atomic E-state index is 14.0. The maximum Gasteiger partial charge on any atom is 0.198 e. The van der Waals surface area contributed by atoms with Crippen molar-refractivity contribution in [1.82, 2.24) is 0 Å². The Morgan fingerprint density at radius 3 is 2.35 bits per heavy atom. The maximum absolute atomic E-state index is 14.0. The minimum atomic E-state index is -1.86. The molecule has 2 nitrogen and oxygen atoms in total.